The van der Waals surface area contributed by atoms with Crippen LogP contribution < -0.4 is 4.74 Å². The fourth-order valence-corrected chi connectivity index (χ4v) is 1.95. The minimum Gasteiger partial charge on any atom is -0.493 e. The SMILES string of the molecule is C/C(CCc1ccc(OCCc2ccccn2)cc1)=N\O. The van der Waals surface area contributed by atoms with Gasteiger partial charge in [0.25, 0.3) is 0 Å². The molecule has 0 amide bonds. The molecule has 0 radical (unpaired) electrons. The molecule has 2 aromatic rings. The Morgan fingerprint density at radius 2 is 1.95 bits per heavy atom. The second-order valence-electron chi connectivity index (χ2n) is 4.90. The monoisotopic (exact) mass is 284 g/mol. The van der Waals surface area contributed by atoms with Crippen LogP contribution in [0.5, 0.6) is 5.75 Å². The van der Waals surface area contributed by atoms with Crippen LogP contribution in [-0.2, 0) is 12.8 Å². The van der Waals surface area contributed by atoms with Crippen LogP contribution in [0, 0.1) is 0 Å². The zero-order valence-corrected chi connectivity index (χ0v) is 12.2. The number of ether oxygens (including phenoxy) is 1. The Hall–Kier alpha value is -2.36. The molecule has 4 nitrogen and oxygen atoms in total. The molecule has 1 aromatic carbocycles. The lowest BCUT2D eigenvalue weighted by molar-refractivity contribution is 0.317. The van der Waals surface area contributed by atoms with E-state index >= 15 is 0 Å². The van der Waals surface area contributed by atoms with Crippen molar-refractivity contribution in [2.75, 3.05) is 6.61 Å². The Kier molecular flexibility index (Phi) is 5.76. The van der Waals surface area contributed by atoms with Gasteiger partial charge in [-0.1, -0.05) is 23.4 Å². The highest BCUT2D eigenvalue weighted by Crippen LogP contribution is 2.14. The number of hydrogen-bond donors (Lipinski definition) is 1. The third-order valence-electron chi connectivity index (χ3n) is 3.22. The van der Waals surface area contributed by atoms with Gasteiger partial charge in [0.1, 0.15) is 5.75 Å². The van der Waals surface area contributed by atoms with E-state index in [0.717, 1.165) is 36.4 Å². The van der Waals surface area contributed by atoms with Crippen LogP contribution >= 0.6 is 0 Å². The van der Waals surface area contributed by atoms with Gasteiger partial charge in [0.2, 0.25) is 0 Å². The second-order valence-corrected chi connectivity index (χ2v) is 4.90. The minimum atomic E-state index is 0.618. The third kappa shape index (κ3) is 5.26. The third-order valence-corrected chi connectivity index (χ3v) is 3.22. The van der Waals surface area contributed by atoms with E-state index in [0.29, 0.717) is 6.61 Å². The summed E-state index contributed by atoms with van der Waals surface area (Å²) >= 11 is 0. The summed E-state index contributed by atoms with van der Waals surface area (Å²) in [7, 11) is 0. The Bertz CT molecular complexity index is 565. The summed E-state index contributed by atoms with van der Waals surface area (Å²) in [6, 6.07) is 13.9. The van der Waals surface area contributed by atoms with E-state index in [1.165, 1.54) is 5.56 Å². The van der Waals surface area contributed by atoms with Crippen LogP contribution in [0.2, 0.25) is 0 Å². The molecule has 0 atom stereocenters. The fourth-order valence-electron chi connectivity index (χ4n) is 1.95. The molecule has 1 heterocycles. The van der Waals surface area contributed by atoms with E-state index in [1.54, 1.807) is 6.20 Å². The lowest BCUT2D eigenvalue weighted by Gasteiger charge is -2.07. The average Bonchev–Trinajstić information content (AvgIpc) is 2.55. The number of aromatic nitrogens is 1. The molecule has 4 heteroatoms. The zero-order chi connectivity index (χ0) is 14.9. The molecule has 0 bridgehead atoms. The maximum atomic E-state index is 8.61. The van der Waals surface area contributed by atoms with Crippen LogP contribution in [0.25, 0.3) is 0 Å². The molecular weight excluding hydrogens is 264 g/mol. The smallest absolute Gasteiger partial charge is 0.119 e. The first kappa shape index (κ1) is 15.0. The first-order chi connectivity index (χ1) is 10.3. The van der Waals surface area contributed by atoms with Gasteiger partial charge in [-0.25, -0.2) is 0 Å². The highest BCUT2D eigenvalue weighted by Gasteiger charge is 1.99. The molecule has 0 unspecified atom stereocenters. The quantitative estimate of drug-likeness (QED) is 0.481. The number of pyridine rings is 1. The van der Waals surface area contributed by atoms with E-state index < -0.39 is 0 Å². The summed E-state index contributed by atoms with van der Waals surface area (Å²) in [5.74, 6) is 0.863. The highest BCUT2D eigenvalue weighted by molar-refractivity contribution is 5.81. The minimum absolute atomic E-state index is 0.618. The molecule has 1 N–H and O–H groups in total. The largest absolute Gasteiger partial charge is 0.493 e. The van der Waals surface area contributed by atoms with Crippen LogP contribution in [-0.4, -0.2) is 22.5 Å². The lowest BCUT2D eigenvalue weighted by Crippen LogP contribution is -2.02. The number of aryl methyl sites for hydroxylation is 1. The lowest BCUT2D eigenvalue weighted by atomic mass is 10.1. The van der Waals surface area contributed by atoms with Crippen molar-refractivity contribution in [2.24, 2.45) is 5.16 Å². The van der Waals surface area contributed by atoms with Gasteiger partial charge in [-0.15, -0.1) is 0 Å². The van der Waals surface area contributed by atoms with Crippen LogP contribution in [0.4, 0.5) is 0 Å². The zero-order valence-electron chi connectivity index (χ0n) is 12.2. The van der Waals surface area contributed by atoms with E-state index in [-0.39, 0.29) is 0 Å². The van der Waals surface area contributed by atoms with Gasteiger partial charge in [0.15, 0.2) is 0 Å². The van der Waals surface area contributed by atoms with Crippen LogP contribution in [0.15, 0.2) is 53.8 Å². The van der Waals surface area contributed by atoms with E-state index in [2.05, 4.69) is 10.1 Å². The Labute approximate surface area is 125 Å². The molecule has 0 aliphatic heterocycles. The topological polar surface area (TPSA) is 54.7 Å². The molecule has 0 aliphatic carbocycles. The van der Waals surface area contributed by atoms with Crippen LogP contribution in [0.1, 0.15) is 24.6 Å². The Balaban J connectivity index is 1.77. The van der Waals surface area contributed by atoms with Crippen molar-refractivity contribution in [2.45, 2.75) is 26.2 Å². The highest BCUT2D eigenvalue weighted by atomic mass is 16.5. The van der Waals surface area contributed by atoms with Crippen molar-refractivity contribution >= 4 is 5.71 Å². The first-order valence-corrected chi connectivity index (χ1v) is 7.07. The van der Waals surface area contributed by atoms with Crippen molar-refractivity contribution in [3.63, 3.8) is 0 Å². The van der Waals surface area contributed by atoms with Crippen molar-refractivity contribution in [1.29, 1.82) is 0 Å². The standard InChI is InChI=1S/C17H20N2O2/c1-14(19-20)5-6-15-7-9-17(10-8-15)21-13-11-16-4-2-3-12-18-16/h2-4,7-10,12,20H,5-6,11,13H2,1H3/b19-14+. The van der Waals surface area contributed by atoms with Gasteiger partial charge in [-0.3, -0.25) is 4.98 Å². The number of benzene rings is 1. The van der Waals surface area contributed by atoms with E-state index in [4.69, 9.17) is 9.94 Å². The van der Waals surface area contributed by atoms with Gasteiger partial charge < -0.3 is 9.94 Å². The number of oxime groups is 1. The summed E-state index contributed by atoms with van der Waals surface area (Å²) in [6.45, 7) is 2.43. The number of hydrogen-bond acceptors (Lipinski definition) is 4. The molecule has 0 saturated carbocycles. The van der Waals surface area contributed by atoms with Gasteiger partial charge >= 0.3 is 0 Å². The van der Waals surface area contributed by atoms with Crippen molar-refractivity contribution in [3.8, 4) is 5.75 Å². The van der Waals surface area contributed by atoms with Gasteiger partial charge in [0.05, 0.1) is 12.3 Å². The molecule has 2 rings (SSSR count). The molecule has 0 aliphatic rings. The van der Waals surface area contributed by atoms with Gasteiger partial charge in [-0.05, 0) is 49.6 Å². The molecule has 1 aromatic heterocycles. The Morgan fingerprint density at radius 1 is 1.14 bits per heavy atom. The van der Waals surface area contributed by atoms with Gasteiger partial charge in [-0.2, -0.15) is 0 Å². The predicted octanol–water partition coefficient (Wildman–Crippen LogP) is 3.49. The van der Waals surface area contributed by atoms with E-state index in [1.807, 2.05) is 49.4 Å². The van der Waals surface area contributed by atoms with Crippen LogP contribution in [0.3, 0.4) is 0 Å². The first-order valence-electron chi connectivity index (χ1n) is 7.07. The normalized spacial score (nSPS) is 11.4. The predicted molar refractivity (Wildman–Crippen MR) is 83.1 cm³/mol. The molecule has 0 spiro atoms. The molecule has 110 valence electrons. The summed E-state index contributed by atoms with van der Waals surface area (Å²) in [4.78, 5) is 4.26. The fraction of sp³-hybridized carbons (Fsp3) is 0.294. The summed E-state index contributed by atoms with van der Waals surface area (Å²) in [5, 5.41) is 11.8. The molecular formula is C17H20N2O2. The summed E-state index contributed by atoms with van der Waals surface area (Å²) in [5.41, 5.74) is 2.98. The average molecular weight is 284 g/mol. The van der Waals surface area contributed by atoms with E-state index in [9.17, 15) is 0 Å². The van der Waals surface area contributed by atoms with Crippen molar-refractivity contribution in [3.05, 3.63) is 59.9 Å². The number of rotatable bonds is 7. The Morgan fingerprint density at radius 3 is 2.62 bits per heavy atom. The maximum absolute atomic E-state index is 8.61. The van der Waals surface area contributed by atoms with Crippen molar-refractivity contribution in [1.82, 2.24) is 4.98 Å². The van der Waals surface area contributed by atoms with Gasteiger partial charge in [0, 0.05) is 18.3 Å². The molecule has 0 fully saturated rings. The number of nitrogens with zero attached hydrogens (tertiary/aromatic N) is 2. The van der Waals surface area contributed by atoms with Crippen molar-refractivity contribution < 1.29 is 9.94 Å². The molecule has 21 heavy (non-hydrogen) atoms. The summed E-state index contributed by atoms with van der Waals surface area (Å²) < 4.78 is 5.71. The maximum Gasteiger partial charge on any atom is 0.119 e. The molecule has 0 saturated heterocycles. The second kappa shape index (κ2) is 8.04. The summed E-state index contributed by atoms with van der Waals surface area (Å²) in [6.07, 6.45) is 4.22.